The summed E-state index contributed by atoms with van der Waals surface area (Å²) in [6, 6.07) is 5.84. The summed E-state index contributed by atoms with van der Waals surface area (Å²) < 4.78 is 18.2. The van der Waals surface area contributed by atoms with Gasteiger partial charge in [-0.1, -0.05) is 13.8 Å². The molecule has 1 aromatic carbocycles. The Balaban J connectivity index is 2.28. The highest BCUT2D eigenvalue weighted by Gasteiger charge is 2.25. The fraction of sp³-hybridized carbons (Fsp3) is 0.562. The Morgan fingerprint density at radius 3 is 2.43 bits per heavy atom. The van der Waals surface area contributed by atoms with Gasteiger partial charge in [-0.05, 0) is 43.5 Å². The van der Waals surface area contributed by atoms with Crippen LogP contribution in [0.4, 0.5) is 4.39 Å². The summed E-state index contributed by atoms with van der Waals surface area (Å²) in [4.78, 5) is 11.9. The molecule has 1 rings (SSSR count). The van der Waals surface area contributed by atoms with Crippen molar-refractivity contribution in [1.29, 1.82) is 0 Å². The van der Waals surface area contributed by atoms with Gasteiger partial charge in [-0.25, -0.2) is 4.39 Å². The van der Waals surface area contributed by atoms with Crippen molar-refractivity contribution in [2.24, 2.45) is 5.73 Å². The Labute approximate surface area is 125 Å². The van der Waals surface area contributed by atoms with E-state index < -0.39 is 0 Å². The van der Waals surface area contributed by atoms with Crippen LogP contribution < -0.4 is 15.8 Å². The van der Waals surface area contributed by atoms with Gasteiger partial charge in [-0.3, -0.25) is 4.79 Å². The topological polar surface area (TPSA) is 64.3 Å². The normalized spacial score (nSPS) is 11.2. The van der Waals surface area contributed by atoms with Gasteiger partial charge in [-0.2, -0.15) is 0 Å². The van der Waals surface area contributed by atoms with Crippen molar-refractivity contribution in [2.75, 3.05) is 13.2 Å². The van der Waals surface area contributed by atoms with E-state index in [1.165, 1.54) is 12.1 Å². The van der Waals surface area contributed by atoms with Crippen molar-refractivity contribution in [3.05, 3.63) is 30.1 Å². The molecular formula is C16H25FN2O2. The lowest BCUT2D eigenvalue weighted by atomic mass is 9.92. The molecule has 1 aromatic rings. The first-order valence-corrected chi connectivity index (χ1v) is 7.44. The average molecular weight is 296 g/mol. The van der Waals surface area contributed by atoms with Gasteiger partial charge in [0.2, 0.25) is 5.91 Å². The number of nitrogens with two attached hydrogens (primary N) is 1. The minimum absolute atomic E-state index is 0.00754. The molecule has 0 aromatic heterocycles. The third-order valence-corrected chi connectivity index (χ3v) is 3.78. The number of benzene rings is 1. The molecular weight excluding hydrogens is 271 g/mol. The zero-order valence-electron chi connectivity index (χ0n) is 12.8. The molecule has 21 heavy (non-hydrogen) atoms. The maximum atomic E-state index is 12.7. The smallest absolute Gasteiger partial charge is 0.220 e. The molecule has 1 amide bonds. The molecule has 118 valence electrons. The molecule has 0 aliphatic carbocycles. The number of hydrogen-bond acceptors (Lipinski definition) is 3. The summed E-state index contributed by atoms with van der Waals surface area (Å²) in [5.74, 6) is 0.307. The highest BCUT2D eigenvalue weighted by molar-refractivity contribution is 5.76. The highest BCUT2D eigenvalue weighted by Crippen LogP contribution is 2.14. The summed E-state index contributed by atoms with van der Waals surface area (Å²) in [7, 11) is 0. The molecule has 5 heteroatoms. The monoisotopic (exact) mass is 296 g/mol. The molecule has 0 bridgehead atoms. The van der Waals surface area contributed by atoms with E-state index in [9.17, 15) is 9.18 Å². The van der Waals surface area contributed by atoms with Crippen molar-refractivity contribution in [1.82, 2.24) is 5.32 Å². The summed E-state index contributed by atoms with van der Waals surface area (Å²) in [5.41, 5.74) is 5.45. The molecule has 0 saturated carbocycles. The van der Waals surface area contributed by atoms with E-state index in [0.29, 0.717) is 31.7 Å². The van der Waals surface area contributed by atoms with Gasteiger partial charge in [0, 0.05) is 13.0 Å². The third-order valence-electron chi connectivity index (χ3n) is 3.78. The maximum Gasteiger partial charge on any atom is 0.220 e. The van der Waals surface area contributed by atoms with Crippen LogP contribution in [0.3, 0.4) is 0 Å². The fourth-order valence-corrected chi connectivity index (χ4v) is 2.08. The second kappa shape index (κ2) is 8.62. The van der Waals surface area contributed by atoms with Gasteiger partial charge in [0.25, 0.3) is 0 Å². The van der Waals surface area contributed by atoms with Crippen LogP contribution in [0.1, 0.15) is 39.5 Å². The minimum atomic E-state index is -0.297. The molecule has 4 nitrogen and oxygen atoms in total. The summed E-state index contributed by atoms with van der Waals surface area (Å²) in [6.07, 6.45) is 2.63. The van der Waals surface area contributed by atoms with Crippen LogP contribution in [0.2, 0.25) is 0 Å². The van der Waals surface area contributed by atoms with Crippen molar-refractivity contribution in [2.45, 2.75) is 45.1 Å². The van der Waals surface area contributed by atoms with Crippen LogP contribution in [0, 0.1) is 5.82 Å². The molecule has 0 heterocycles. The molecule has 0 fully saturated rings. The Morgan fingerprint density at radius 2 is 1.90 bits per heavy atom. The van der Waals surface area contributed by atoms with E-state index in [1.807, 2.05) is 13.8 Å². The predicted octanol–water partition coefficient (Wildman–Crippen LogP) is 2.62. The minimum Gasteiger partial charge on any atom is -0.494 e. The summed E-state index contributed by atoms with van der Waals surface area (Å²) in [6.45, 7) is 4.91. The van der Waals surface area contributed by atoms with Crippen molar-refractivity contribution in [3.8, 4) is 5.75 Å². The van der Waals surface area contributed by atoms with E-state index in [2.05, 4.69) is 5.32 Å². The molecule has 0 radical (unpaired) electrons. The van der Waals surface area contributed by atoms with E-state index >= 15 is 0 Å². The molecule has 0 aliphatic heterocycles. The van der Waals surface area contributed by atoms with Gasteiger partial charge >= 0.3 is 0 Å². The van der Waals surface area contributed by atoms with Crippen molar-refractivity contribution >= 4 is 5.91 Å². The van der Waals surface area contributed by atoms with Gasteiger partial charge < -0.3 is 15.8 Å². The summed E-state index contributed by atoms with van der Waals surface area (Å²) in [5, 5.41) is 3.02. The van der Waals surface area contributed by atoms with Gasteiger partial charge in [0.15, 0.2) is 0 Å². The lowest BCUT2D eigenvalue weighted by Gasteiger charge is -2.31. The standard InChI is InChI=1S/C16H25FN2O2/c1-3-16(4-2,12-18)19-15(20)6-5-11-21-14-9-7-13(17)8-10-14/h7-10H,3-6,11-12,18H2,1-2H3,(H,19,20). The van der Waals surface area contributed by atoms with Crippen molar-refractivity contribution in [3.63, 3.8) is 0 Å². The number of hydrogen-bond donors (Lipinski definition) is 2. The largest absolute Gasteiger partial charge is 0.494 e. The Kier molecular flexibility index (Phi) is 7.15. The number of carbonyl (C=O) groups excluding carboxylic acids is 1. The number of ether oxygens (including phenoxy) is 1. The molecule has 0 aliphatic rings. The van der Waals surface area contributed by atoms with Crippen LogP contribution >= 0.6 is 0 Å². The van der Waals surface area contributed by atoms with Crippen LogP contribution in [-0.2, 0) is 4.79 Å². The quantitative estimate of drug-likeness (QED) is 0.689. The first-order chi connectivity index (χ1) is 10.0. The van der Waals surface area contributed by atoms with Gasteiger partial charge in [0.05, 0.1) is 12.1 Å². The number of carbonyl (C=O) groups is 1. The second-order valence-corrected chi connectivity index (χ2v) is 5.15. The van der Waals surface area contributed by atoms with Crippen LogP contribution in [0.15, 0.2) is 24.3 Å². The van der Waals surface area contributed by atoms with E-state index in [-0.39, 0.29) is 17.3 Å². The molecule has 0 saturated heterocycles. The Bertz CT molecular complexity index is 422. The number of halogens is 1. The first-order valence-electron chi connectivity index (χ1n) is 7.44. The molecule has 0 spiro atoms. The molecule has 3 N–H and O–H groups in total. The lowest BCUT2D eigenvalue weighted by Crippen LogP contribution is -2.52. The Morgan fingerprint density at radius 1 is 1.29 bits per heavy atom. The third kappa shape index (κ3) is 5.71. The molecule has 0 atom stereocenters. The van der Waals surface area contributed by atoms with Crippen LogP contribution in [-0.4, -0.2) is 24.6 Å². The second-order valence-electron chi connectivity index (χ2n) is 5.15. The summed E-state index contributed by atoms with van der Waals surface area (Å²) >= 11 is 0. The molecule has 0 unspecified atom stereocenters. The zero-order valence-corrected chi connectivity index (χ0v) is 12.8. The van der Waals surface area contributed by atoms with Crippen LogP contribution in [0.5, 0.6) is 5.75 Å². The average Bonchev–Trinajstić information content (AvgIpc) is 2.51. The fourth-order valence-electron chi connectivity index (χ4n) is 2.08. The van der Waals surface area contributed by atoms with E-state index in [1.54, 1.807) is 12.1 Å². The lowest BCUT2D eigenvalue weighted by molar-refractivity contribution is -0.123. The van der Waals surface area contributed by atoms with Crippen molar-refractivity contribution < 1.29 is 13.9 Å². The first kappa shape index (κ1) is 17.4. The SMILES string of the molecule is CCC(CC)(CN)NC(=O)CCCOc1ccc(F)cc1. The predicted molar refractivity (Wildman–Crippen MR) is 81.6 cm³/mol. The van der Waals surface area contributed by atoms with Gasteiger partial charge in [-0.15, -0.1) is 0 Å². The zero-order chi connectivity index (χ0) is 15.7. The number of rotatable bonds is 9. The maximum absolute atomic E-state index is 12.7. The number of amides is 1. The van der Waals surface area contributed by atoms with Crippen LogP contribution in [0.25, 0.3) is 0 Å². The number of nitrogens with one attached hydrogen (secondary N) is 1. The van der Waals surface area contributed by atoms with Gasteiger partial charge in [0.1, 0.15) is 11.6 Å². The Hall–Kier alpha value is -1.62. The van der Waals surface area contributed by atoms with E-state index in [0.717, 1.165) is 12.8 Å². The highest BCUT2D eigenvalue weighted by atomic mass is 19.1. The van der Waals surface area contributed by atoms with E-state index in [4.69, 9.17) is 10.5 Å².